The van der Waals surface area contributed by atoms with E-state index in [1.165, 1.54) is 34.8 Å². The average Bonchev–Trinajstić information content (AvgIpc) is 2.59. The average molecular weight is 542 g/mol. The minimum Gasteiger partial charge on any atom is -0.458 e. The first-order valence-corrected chi connectivity index (χ1v) is 10.4. The Balaban J connectivity index is 3.34. The summed E-state index contributed by atoms with van der Waals surface area (Å²) in [4.78, 5) is 46.6. The molecule has 0 unspecified atom stereocenters. The van der Waals surface area contributed by atoms with Crippen LogP contribution in [0.1, 0.15) is 34.1 Å². The van der Waals surface area contributed by atoms with Crippen LogP contribution in [-0.4, -0.2) is 74.2 Å². The van der Waals surface area contributed by atoms with Gasteiger partial charge in [0.15, 0.2) is 18.3 Å². The Kier molecular flexibility index (Phi) is 11.3. The van der Waals surface area contributed by atoms with Gasteiger partial charge in [0, 0.05) is 41.2 Å². The zero-order valence-corrected chi connectivity index (χ0v) is 19.7. The fraction of sp³-hybridized carbons (Fsp3) is 0.684. The van der Waals surface area contributed by atoms with Crippen molar-refractivity contribution in [3.05, 3.63) is 10.2 Å². The molecule has 1 aliphatic heterocycles. The Morgan fingerprint density at radius 2 is 1.37 bits per heavy atom. The first-order chi connectivity index (χ1) is 14.1. The van der Waals surface area contributed by atoms with Gasteiger partial charge in [-0.15, -0.1) is 0 Å². The maximum atomic E-state index is 11.8. The lowest BCUT2D eigenvalue weighted by atomic mass is 9.91. The van der Waals surface area contributed by atoms with Gasteiger partial charge in [-0.25, -0.2) is 0 Å². The molecule has 1 fully saturated rings. The van der Waals surface area contributed by atoms with Gasteiger partial charge in [0.2, 0.25) is 0 Å². The van der Waals surface area contributed by atoms with Crippen LogP contribution in [0.4, 0.5) is 0 Å². The van der Waals surface area contributed by atoms with Crippen LogP contribution in [0.15, 0.2) is 10.2 Å². The van der Waals surface area contributed by atoms with Crippen LogP contribution >= 0.6 is 22.6 Å². The van der Waals surface area contributed by atoms with Crippen LogP contribution in [0.5, 0.6) is 0 Å². The molecule has 0 aromatic carbocycles. The lowest BCUT2D eigenvalue weighted by Gasteiger charge is -2.45. The van der Waals surface area contributed by atoms with Crippen LogP contribution in [0.2, 0.25) is 0 Å². The predicted molar refractivity (Wildman–Crippen MR) is 111 cm³/mol. The molecule has 1 saturated heterocycles. The number of hydrogen-bond donors (Lipinski definition) is 0. The molecule has 0 aromatic heterocycles. The Bertz CT molecular complexity index is 649. The van der Waals surface area contributed by atoms with Gasteiger partial charge in [0.25, 0.3) is 0 Å². The summed E-state index contributed by atoms with van der Waals surface area (Å²) < 4.78 is 34.3. The van der Waals surface area contributed by atoms with Gasteiger partial charge in [-0.2, -0.15) is 0 Å². The summed E-state index contributed by atoms with van der Waals surface area (Å²) in [5.41, 5.74) is 0. The molecule has 0 aliphatic carbocycles. The Morgan fingerprint density at radius 1 is 0.867 bits per heavy atom. The molecule has 0 spiro atoms. The fourth-order valence-electron chi connectivity index (χ4n) is 3.16. The van der Waals surface area contributed by atoms with E-state index in [0.717, 1.165) is 0 Å². The molecule has 0 N–H and O–H groups in total. The molecule has 0 amide bonds. The zero-order valence-electron chi connectivity index (χ0n) is 17.5. The molecular formula is C19H27IO10. The topological polar surface area (TPSA) is 124 Å². The molecule has 0 radical (unpaired) electrons. The van der Waals surface area contributed by atoms with E-state index in [-0.39, 0.29) is 13.0 Å². The van der Waals surface area contributed by atoms with E-state index in [1.807, 2.05) is 22.6 Å². The van der Waals surface area contributed by atoms with E-state index in [4.69, 9.17) is 28.4 Å². The first-order valence-electron chi connectivity index (χ1n) is 9.19. The summed E-state index contributed by atoms with van der Waals surface area (Å²) in [6.45, 7) is 4.86. The normalized spacial score (nSPS) is 27.2. The molecule has 1 aliphatic rings. The Labute approximate surface area is 188 Å². The van der Waals surface area contributed by atoms with E-state index >= 15 is 0 Å². The number of methoxy groups -OCH3 is 1. The van der Waals surface area contributed by atoms with Crippen molar-refractivity contribution in [1.29, 1.82) is 0 Å². The molecule has 1 heterocycles. The number of esters is 4. The third-order valence-electron chi connectivity index (χ3n) is 4.04. The molecule has 170 valence electrons. The SMILES string of the molecule is COC[C@H]1O[C@@H](C[C@@H](/C=C\I)OC(C)=O)[C@H](OC(C)=O)[C@@H](OC(C)=O)[C@@H]1OC(C)=O. The third-order valence-corrected chi connectivity index (χ3v) is 4.45. The fourth-order valence-corrected chi connectivity index (χ4v) is 3.62. The minimum atomic E-state index is -1.14. The van der Waals surface area contributed by atoms with Crippen molar-refractivity contribution in [2.24, 2.45) is 0 Å². The Hall–Kier alpha value is -1.73. The van der Waals surface area contributed by atoms with E-state index in [2.05, 4.69) is 0 Å². The second-order valence-corrected chi connectivity index (χ2v) is 7.31. The second kappa shape index (κ2) is 12.8. The number of hydrogen-bond acceptors (Lipinski definition) is 10. The molecule has 30 heavy (non-hydrogen) atoms. The highest BCUT2D eigenvalue weighted by Gasteiger charge is 2.52. The summed E-state index contributed by atoms with van der Waals surface area (Å²) in [5.74, 6) is -2.44. The van der Waals surface area contributed by atoms with E-state index < -0.39 is 60.5 Å². The second-order valence-electron chi connectivity index (χ2n) is 6.59. The van der Waals surface area contributed by atoms with Crippen molar-refractivity contribution >= 4 is 46.5 Å². The maximum Gasteiger partial charge on any atom is 0.303 e. The lowest BCUT2D eigenvalue weighted by molar-refractivity contribution is -0.255. The van der Waals surface area contributed by atoms with Crippen molar-refractivity contribution in [1.82, 2.24) is 0 Å². The van der Waals surface area contributed by atoms with Crippen LogP contribution in [0, 0.1) is 0 Å². The molecule has 10 nitrogen and oxygen atoms in total. The van der Waals surface area contributed by atoms with Gasteiger partial charge in [-0.1, -0.05) is 22.6 Å². The number of carbonyl (C=O) groups excluding carboxylic acids is 4. The van der Waals surface area contributed by atoms with Crippen molar-refractivity contribution in [3.63, 3.8) is 0 Å². The molecule has 0 saturated carbocycles. The van der Waals surface area contributed by atoms with Gasteiger partial charge in [-0.05, 0) is 10.2 Å². The van der Waals surface area contributed by atoms with Gasteiger partial charge in [-0.3, -0.25) is 19.2 Å². The number of rotatable bonds is 9. The standard InChI is InChI=1S/C19H27IO10/c1-10(21)26-14(6-7-20)8-15-17(27-11(2)22)19(29-13(4)24)18(28-12(3)23)16(30-15)9-25-5/h6-7,14-19H,8-9H2,1-5H3/b7-6-/t14-,15+,16-,17+,18-,19-/m1/s1. The highest BCUT2D eigenvalue weighted by Crippen LogP contribution is 2.31. The molecular weight excluding hydrogens is 515 g/mol. The summed E-state index contributed by atoms with van der Waals surface area (Å²) >= 11 is 1.98. The predicted octanol–water partition coefficient (Wildman–Crippen LogP) is 1.47. The zero-order chi connectivity index (χ0) is 22.8. The van der Waals surface area contributed by atoms with Crippen molar-refractivity contribution < 1.29 is 47.6 Å². The Morgan fingerprint density at radius 3 is 1.80 bits per heavy atom. The quantitative estimate of drug-likeness (QED) is 0.240. The monoisotopic (exact) mass is 542 g/mol. The molecule has 6 atom stereocenters. The highest BCUT2D eigenvalue weighted by atomic mass is 127. The van der Waals surface area contributed by atoms with Crippen LogP contribution < -0.4 is 0 Å². The summed E-state index contributed by atoms with van der Waals surface area (Å²) in [7, 11) is 1.43. The van der Waals surface area contributed by atoms with Crippen LogP contribution in [-0.2, 0) is 47.6 Å². The number of halogens is 1. The van der Waals surface area contributed by atoms with Crippen LogP contribution in [0.25, 0.3) is 0 Å². The van der Waals surface area contributed by atoms with Crippen molar-refractivity contribution in [2.75, 3.05) is 13.7 Å². The van der Waals surface area contributed by atoms with Gasteiger partial charge < -0.3 is 28.4 Å². The minimum absolute atomic E-state index is 0.0133. The highest BCUT2D eigenvalue weighted by molar-refractivity contribution is 14.1. The van der Waals surface area contributed by atoms with Gasteiger partial charge in [0.05, 0.1) is 6.61 Å². The largest absolute Gasteiger partial charge is 0.458 e. The van der Waals surface area contributed by atoms with E-state index in [9.17, 15) is 19.2 Å². The summed E-state index contributed by atoms with van der Waals surface area (Å²) in [5, 5.41) is 0. The van der Waals surface area contributed by atoms with Crippen molar-refractivity contribution in [3.8, 4) is 0 Å². The maximum absolute atomic E-state index is 11.8. The van der Waals surface area contributed by atoms with Gasteiger partial charge in [0.1, 0.15) is 18.3 Å². The molecule has 0 bridgehead atoms. The van der Waals surface area contributed by atoms with Crippen molar-refractivity contribution in [2.45, 2.75) is 70.7 Å². The first kappa shape index (κ1) is 26.3. The lowest BCUT2D eigenvalue weighted by Crippen LogP contribution is -2.62. The molecule has 1 rings (SSSR count). The molecule has 0 aromatic rings. The third kappa shape index (κ3) is 8.56. The van der Waals surface area contributed by atoms with Crippen LogP contribution in [0.3, 0.4) is 0 Å². The van der Waals surface area contributed by atoms with E-state index in [0.29, 0.717) is 0 Å². The number of carbonyl (C=O) groups is 4. The van der Waals surface area contributed by atoms with Gasteiger partial charge >= 0.3 is 23.9 Å². The molecule has 11 heteroatoms. The van der Waals surface area contributed by atoms with E-state index in [1.54, 1.807) is 10.2 Å². The smallest absolute Gasteiger partial charge is 0.303 e. The number of ether oxygens (including phenoxy) is 6. The summed E-state index contributed by atoms with van der Waals surface area (Å²) in [6, 6.07) is 0. The summed E-state index contributed by atoms with van der Waals surface area (Å²) in [6.07, 6.45) is -3.93.